The largest absolute Gasteiger partial charge is 0.303 e. The summed E-state index contributed by atoms with van der Waals surface area (Å²) >= 11 is 0. The van der Waals surface area contributed by atoms with E-state index in [9.17, 15) is 0 Å². The van der Waals surface area contributed by atoms with Crippen molar-refractivity contribution in [3.8, 4) is 12.3 Å². The second-order valence-corrected chi connectivity index (χ2v) is 4.04. The zero-order chi connectivity index (χ0) is 9.52. The molecule has 1 heteroatoms. The van der Waals surface area contributed by atoms with Crippen molar-refractivity contribution in [3.05, 3.63) is 0 Å². The Hall–Kier alpha value is -0.480. The second kappa shape index (κ2) is 6.05. The van der Waals surface area contributed by atoms with Gasteiger partial charge >= 0.3 is 0 Å². The van der Waals surface area contributed by atoms with E-state index in [2.05, 4.69) is 18.2 Å². The third-order valence-corrected chi connectivity index (χ3v) is 2.99. The van der Waals surface area contributed by atoms with Crippen LogP contribution in [0, 0.1) is 18.3 Å². The molecule has 0 heterocycles. The Morgan fingerprint density at radius 3 is 2.62 bits per heavy atom. The van der Waals surface area contributed by atoms with Gasteiger partial charge < -0.3 is 5.32 Å². The molecule has 0 aromatic rings. The molecule has 1 aliphatic rings. The van der Waals surface area contributed by atoms with Crippen LogP contribution < -0.4 is 5.32 Å². The fraction of sp³-hybridized carbons (Fsp3) is 0.833. The lowest BCUT2D eigenvalue weighted by molar-refractivity contribution is 0.335. The van der Waals surface area contributed by atoms with Gasteiger partial charge in [0.05, 0.1) is 6.04 Å². The van der Waals surface area contributed by atoms with Crippen LogP contribution in [-0.4, -0.2) is 12.6 Å². The van der Waals surface area contributed by atoms with Gasteiger partial charge in [-0.05, 0) is 31.7 Å². The molecule has 13 heavy (non-hydrogen) atoms. The number of rotatable bonds is 4. The lowest BCUT2D eigenvalue weighted by Crippen LogP contribution is -2.32. The van der Waals surface area contributed by atoms with Crippen molar-refractivity contribution in [3.63, 3.8) is 0 Å². The molecule has 0 aliphatic heterocycles. The minimum absolute atomic E-state index is 0.293. The molecule has 0 aromatic heterocycles. The van der Waals surface area contributed by atoms with E-state index < -0.39 is 0 Å². The molecule has 0 saturated heterocycles. The Morgan fingerprint density at radius 2 is 2.08 bits per heavy atom. The van der Waals surface area contributed by atoms with Crippen LogP contribution in [0.1, 0.15) is 45.4 Å². The zero-order valence-corrected chi connectivity index (χ0v) is 8.68. The first-order valence-electron chi connectivity index (χ1n) is 5.56. The Labute approximate surface area is 82.3 Å². The first-order chi connectivity index (χ1) is 6.36. The van der Waals surface area contributed by atoms with Gasteiger partial charge in [0.15, 0.2) is 0 Å². The maximum atomic E-state index is 5.39. The van der Waals surface area contributed by atoms with Crippen LogP contribution >= 0.6 is 0 Å². The highest BCUT2D eigenvalue weighted by atomic mass is 14.9. The van der Waals surface area contributed by atoms with Crippen molar-refractivity contribution >= 4 is 0 Å². The van der Waals surface area contributed by atoms with E-state index in [4.69, 9.17) is 6.42 Å². The molecular formula is C12H21N. The van der Waals surface area contributed by atoms with Crippen LogP contribution in [0.3, 0.4) is 0 Å². The Kier molecular flexibility index (Phi) is 4.93. The van der Waals surface area contributed by atoms with Crippen molar-refractivity contribution < 1.29 is 0 Å². The van der Waals surface area contributed by atoms with Gasteiger partial charge in [0, 0.05) is 0 Å². The minimum Gasteiger partial charge on any atom is -0.303 e. The van der Waals surface area contributed by atoms with Gasteiger partial charge in [0.25, 0.3) is 0 Å². The van der Waals surface area contributed by atoms with Gasteiger partial charge in [-0.3, -0.25) is 0 Å². The predicted molar refractivity (Wildman–Crippen MR) is 57.5 cm³/mol. The standard InChI is InChI=1S/C12H21N/c1-3-12(4-2)13-10-11-8-6-5-7-9-11/h1,11-13H,4-10H2,2H3. The average Bonchev–Trinajstić information content (AvgIpc) is 2.21. The van der Waals surface area contributed by atoms with Crippen molar-refractivity contribution in [2.24, 2.45) is 5.92 Å². The summed E-state index contributed by atoms with van der Waals surface area (Å²) in [5, 5.41) is 3.45. The molecule has 0 amide bonds. The van der Waals surface area contributed by atoms with Gasteiger partial charge in [0.1, 0.15) is 0 Å². The molecule has 1 unspecified atom stereocenters. The highest BCUT2D eigenvalue weighted by molar-refractivity contribution is 4.98. The zero-order valence-electron chi connectivity index (χ0n) is 8.68. The lowest BCUT2D eigenvalue weighted by atomic mass is 9.89. The van der Waals surface area contributed by atoms with E-state index in [0.29, 0.717) is 6.04 Å². The van der Waals surface area contributed by atoms with E-state index in [1.807, 2.05) is 0 Å². The van der Waals surface area contributed by atoms with Crippen molar-refractivity contribution in [2.75, 3.05) is 6.54 Å². The average molecular weight is 179 g/mol. The summed E-state index contributed by atoms with van der Waals surface area (Å²) in [5.74, 6) is 3.67. The van der Waals surface area contributed by atoms with Gasteiger partial charge in [-0.2, -0.15) is 0 Å². The fourth-order valence-electron chi connectivity index (χ4n) is 2.02. The predicted octanol–water partition coefficient (Wildman–Crippen LogP) is 2.57. The molecule has 1 N–H and O–H groups in total. The van der Waals surface area contributed by atoms with E-state index in [1.54, 1.807) is 0 Å². The van der Waals surface area contributed by atoms with Crippen LogP contribution in [0.15, 0.2) is 0 Å². The maximum absolute atomic E-state index is 5.39. The monoisotopic (exact) mass is 179 g/mol. The molecule has 1 nitrogen and oxygen atoms in total. The molecule has 1 atom stereocenters. The number of hydrogen-bond acceptors (Lipinski definition) is 1. The Balaban J connectivity index is 2.13. The van der Waals surface area contributed by atoms with Crippen LogP contribution in [0.4, 0.5) is 0 Å². The molecule has 1 fully saturated rings. The molecule has 0 spiro atoms. The summed E-state index contributed by atoms with van der Waals surface area (Å²) in [6, 6.07) is 0.293. The van der Waals surface area contributed by atoms with Crippen molar-refractivity contribution in [1.29, 1.82) is 0 Å². The highest BCUT2D eigenvalue weighted by Crippen LogP contribution is 2.22. The maximum Gasteiger partial charge on any atom is 0.0684 e. The topological polar surface area (TPSA) is 12.0 Å². The molecule has 0 bridgehead atoms. The molecule has 1 rings (SSSR count). The quantitative estimate of drug-likeness (QED) is 0.654. The minimum atomic E-state index is 0.293. The molecule has 74 valence electrons. The summed E-state index contributed by atoms with van der Waals surface area (Å²) < 4.78 is 0. The number of terminal acetylenes is 1. The van der Waals surface area contributed by atoms with E-state index >= 15 is 0 Å². The van der Waals surface area contributed by atoms with Crippen molar-refractivity contribution in [2.45, 2.75) is 51.5 Å². The van der Waals surface area contributed by atoms with Gasteiger partial charge in [-0.15, -0.1) is 6.42 Å². The SMILES string of the molecule is C#CC(CC)NCC1CCCCC1. The molecular weight excluding hydrogens is 158 g/mol. The number of hydrogen-bond donors (Lipinski definition) is 1. The Morgan fingerprint density at radius 1 is 1.38 bits per heavy atom. The first-order valence-corrected chi connectivity index (χ1v) is 5.56. The summed E-state index contributed by atoms with van der Waals surface area (Å²) in [5.41, 5.74) is 0. The van der Waals surface area contributed by atoms with Gasteiger partial charge in [-0.1, -0.05) is 32.1 Å². The molecule has 1 aliphatic carbocycles. The third-order valence-electron chi connectivity index (χ3n) is 2.99. The van der Waals surface area contributed by atoms with Gasteiger partial charge in [0.2, 0.25) is 0 Å². The summed E-state index contributed by atoms with van der Waals surface area (Å²) in [4.78, 5) is 0. The van der Waals surface area contributed by atoms with Crippen LogP contribution in [-0.2, 0) is 0 Å². The van der Waals surface area contributed by atoms with Crippen LogP contribution in [0.2, 0.25) is 0 Å². The summed E-state index contributed by atoms with van der Waals surface area (Å²) in [7, 11) is 0. The van der Waals surface area contributed by atoms with Gasteiger partial charge in [-0.25, -0.2) is 0 Å². The van der Waals surface area contributed by atoms with E-state index in [1.165, 1.54) is 32.1 Å². The summed E-state index contributed by atoms with van der Waals surface area (Å²) in [6.45, 7) is 3.26. The van der Waals surface area contributed by atoms with E-state index in [0.717, 1.165) is 18.9 Å². The molecule has 1 saturated carbocycles. The summed E-state index contributed by atoms with van der Waals surface area (Å²) in [6.07, 6.45) is 13.5. The van der Waals surface area contributed by atoms with Crippen LogP contribution in [0.5, 0.6) is 0 Å². The lowest BCUT2D eigenvalue weighted by Gasteiger charge is -2.23. The highest BCUT2D eigenvalue weighted by Gasteiger charge is 2.13. The van der Waals surface area contributed by atoms with Crippen LogP contribution in [0.25, 0.3) is 0 Å². The molecule has 0 aromatic carbocycles. The first kappa shape index (κ1) is 10.6. The second-order valence-electron chi connectivity index (χ2n) is 4.04. The van der Waals surface area contributed by atoms with Crippen molar-refractivity contribution in [1.82, 2.24) is 5.32 Å². The third kappa shape index (κ3) is 3.83. The number of nitrogens with one attached hydrogen (secondary N) is 1. The normalized spacial score (nSPS) is 20.9. The van der Waals surface area contributed by atoms with E-state index in [-0.39, 0.29) is 0 Å². The Bertz CT molecular complexity index is 162. The smallest absolute Gasteiger partial charge is 0.0684 e. The molecule has 0 radical (unpaired) electrons. The fourth-order valence-corrected chi connectivity index (χ4v) is 2.02.